The summed E-state index contributed by atoms with van der Waals surface area (Å²) in [5.74, 6) is -1.34. The standard InChI is InChI=1S/C20H18N4O4/c1-13(25)21-15-7-9-16(10-8-15)22-19(26)12-28-20(27)18-11-17(23-24-18)14-5-3-2-4-6-14/h2-11H,12H2,1H3,(H,21,25)(H,22,26)(H,23,24). The van der Waals surface area contributed by atoms with E-state index in [1.54, 1.807) is 30.3 Å². The van der Waals surface area contributed by atoms with E-state index in [1.807, 2.05) is 30.3 Å². The number of aromatic amines is 1. The summed E-state index contributed by atoms with van der Waals surface area (Å²) in [5.41, 5.74) is 2.76. The van der Waals surface area contributed by atoms with Gasteiger partial charge in [0.05, 0.1) is 5.69 Å². The quantitative estimate of drug-likeness (QED) is 0.571. The van der Waals surface area contributed by atoms with Gasteiger partial charge < -0.3 is 15.4 Å². The van der Waals surface area contributed by atoms with E-state index in [1.165, 1.54) is 6.92 Å². The number of anilines is 2. The Bertz CT molecular complexity index is 981. The number of carbonyl (C=O) groups is 3. The molecule has 1 aromatic heterocycles. The molecule has 1 heterocycles. The fourth-order valence-electron chi connectivity index (χ4n) is 2.43. The van der Waals surface area contributed by atoms with Crippen LogP contribution in [0.5, 0.6) is 0 Å². The number of ether oxygens (including phenoxy) is 1. The maximum absolute atomic E-state index is 12.1. The lowest BCUT2D eigenvalue weighted by Crippen LogP contribution is -2.21. The minimum absolute atomic E-state index is 0.159. The van der Waals surface area contributed by atoms with Crippen LogP contribution >= 0.6 is 0 Å². The van der Waals surface area contributed by atoms with Crippen molar-refractivity contribution in [2.24, 2.45) is 0 Å². The number of carbonyl (C=O) groups excluding carboxylic acids is 3. The highest BCUT2D eigenvalue weighted by molar-refractivity contribution is 5.95. The van der Waals surface area contributed by atoms with E-state index in [-0.39, 0.29) is 11.6 Å². The number of hydrogen-bond acceptors (Lipinski definition) is 5. The third-order valence-electron chi connectivity index (χ3n) is 3.69. The highest BCUT2D eigenvalue weighted by Gasteiger charge is 2.14. The summed E-state index contributed by atoms with van der Waals surface area (Å²) in [6, 6.07) is 17.5. The van der Waals surface area contributed by atoms with E-state index < -0.39 is 18.5 Å². The third-order valence-corrected chi connectivity index (χ3v) is 3.69. The fraction of sp³-hybridized carbons (Fsp3) is 0.100. The molecule has 2 amide bonds. The highest BCUT2D eigenvalue weighted by atomic mass is 16.5. The maximum Gasteiger partial charge on any atom is 0.356 e. The van der Waals surface area contributed by atoms with Crippen molar-refractivity contribution < 1.29 is 19.1 Å². The van der Waals surface area contributed by atoms with Gasteiger partial charge in [-0.1, -0.05) is 30.3 Å². The van der Waals surface area contributed by atoms with Crippen LogP contribution in [0.2, 0.25) is 0 Å². The lowest BCUT2D eigenvalue weighted by atomic mass is 10.1. The van der Waals surface area contributed by atoms with E-state index in [0.29, 0.717) is 17.1 Å². The van der Waals surface area contributed by atoms with Gasteiger partial charge in [-0.15, -0.1) is 0 Å². The summed E-state index contributed by atoms with van der Waals surface area (Å²) in [5, 5.41) is 11.9. The molecule has 0 bridgehead atoms. The van der Waals surface area contributed by atoms with Gasteiger partial charge in [-0.3, -0.25) is 14.7 Å². The van der Waals surface area contributed by atoms with Crippen LogP contribution in [-0.4, -0.2) is 34.6 Å². The van der Waals surface area contributed by atoms with Crippen LogP contribution in [0.4, 0.5) is 11.4 Å². The molecule has 3 N–H and O–H groups in total. The van der Waals surface area contributed by atoms with Gasteiger partial charge in [0.25, 0.3) is 5.91 Å². The van der Waals surface area contributed by atoms with E-state index in [2.05, 4.69) is 20.8 Å². The Kier molecular flexibility index (Phi) is 5.81. The average Bonchev–Trinajstić information content (AvgIpc) is 3.18. The predicted molar refractivity (Wildman–Crippen MR) is 104 cm³/mol. The molecule has 0 aliphatic heterocycles. The van der Waals surface area contributed by atoms with Crippen LogP contribution in [-0.2, 0) is 14.3 Å². The molecule has 0 atom stereocenters. The minimum Gasteiger partial charge on any atom is -0.451 e. The topological polar surface area (TPSA) is 113 Å². The molecule has 0 saturated heterocycles. The smallest absolute Gasteiger partial charge is 0.356 e. The summed E-state index contributed by atoms with van der Waals surface area (Å²) in [7, 11) is 0. The van der Waals surface area contributed by atoms with Gasteiger partial charge in [0, 0.05) is 23.9 Å². The predicted octanol–water partition coefficient (Wildman–Crippen LogP) is 2.83. The van der Waals surface area contributed by atoms with Crippen molar-refractivity contribution in [2.75, 3.05) is 17.2 Å². The zero-order valence-corrected chi connectivity index (χ0v) is 15.1. The van der Waals surface area contributed by atoms with Crippen LogP contribution in [0.1, 0.15) is 17.4 Å². The summed E-state index contributed by atoms with van der Waals surface area (Å²) in [4.78, 5) is 35.0. The average molecular weight is 378 g/mol. The number of nitrogens with one attached hydrogen (secondary N) is 3. The first-order chi connectivity index (χ1) is 13.5. The maximum atomic E-state index is 12.1. The number of rotatable bonds is 6. The van der Waals surface area contributed by atoms with E-state index >= 15 is 0 Å². The molecule has 0 radical (unpaired) electrons. The number of esters is 1. The van der Waals surface area contributed by atoms with Crippen molar-refractivity contribution in [3.63, 3.8) is 0 Å². The number of aromatic nitrogens is 2. The first-order valence-electron chi connectivity index (χ1n) is 8.47. The SMILES string of the molecule is CC(=O)Nc1ccc(NC(=O)COC(=O)c2cc(-c3ccccc3)n[nH]2)cc1. The zero-order chi connectivity index (χ0) is 19.9. The van der Waals surface area contributed by atoms with E-state index in [4.69, 9.17) is 4.74 Å². The van der Waals surface area contributed by atoms with Crippen molar-refractivity contribution in [1.29, 1.82) is 0 Å². The summed E-state index contributed by atoms with van der Waals surface area (Å²) in [6.45, 7) is 0.971. The Morgan fingerprint density at radius 2 is 1.61 bits per heavy atom. The molecule has 3 rings (SSSR count). The van der Waals surface area contributed by atoms with Crippen molar-refractivity contribution >= 4 is 29.2 Å². The van der Waals surface area contributed by atoms with Crippen LogP contribution in [0, 0.1) is 0 Å². The Morgan fingerprint density at radius 1 is 0.964 bits per heavy atom. The van der Waals surface area contributed by atoms with Crippen LogP contribution < -0.4 is 10.6 Å². The summed E-state index contributed by atoms with van der Waals surface area (Å²) >= 11 is 0. The first kappa shape index (κ1) is 18.8. The van der Waals surface area contributed by atoms with Gasteiger partial charge in [-0.25, -0.2) is 4.79 Å². The first-order valence-corrected chi connectivity index (χ1v) is 8.47. The number of amides is 2. The molecule has 8 nitrogen and oxygen atoms in total. The molecule has 0 fully saturated rings. The zero-order valence-electron chi connectivity index (χ0n) is 15.1. The minimum atomic E-state index is -0.675. The molecule has 0 unspecified atom stereocenters. The highest BCUT2D eigenvalue weighted by Crippen LogP contribution is 2.17. The van der Waals surface area contributed by atoms with Crippen molar-refractivity contribution in [2.45, 2.75) is 6.92 Å². The molecule has 3 aromatic rings. The molecule has 2 aromatic carbocycles. The normalized spacial score (nSPS) is 10.2. The van der Waals surface area contributed by atoms with Gasteiger partial charge in [-0.2, -0.15) is 5.10 Å². The largest absolute Gasteiger partial charge is 0.451 e. The lowest BCUT2D eigenvalue weighted by molar-refractivity contribution is -0.119. The van der Waals surface area contributed by atoms with Crippen LogP contribution in [0.3, 0.4) is 0 Å². The molecule has 0 saturated carbocycles. The monoisotopic (exact) mass is 378 g/mol. The molecule has 0 aliphatic rings. The van der Waals surface area contributed by atoms with Gasteiger partial charge in [-0.05, 0) is 30.3 Å². The number of hydrogen-bond donors (Lipinski definition) is 3. The molecular weight excluding hydrogens is 360 g/mol. The van der Waals surface area contributed by atoms with Crippen molar-refractivity contribution in [3.05, 3.63) is 66.4 Å². The number of nitrogens with zero attached hydrogens (tertiary/aromatic N) is 1. The van der Waals surface area contributed by atoms with E-state index in [9.17, 15) is 14.4 Å². The van der Waals surface area contributed by atoms with Crippen molar-refractivity contribution in [3.8, 4) is 11.3 Å². The molecule has 28 heavy (non-hydrogen) atoms. The Morgan fingerprint density at radius 3 is 2.25 bits per heavy atom. The lowest BCUT2D eigenvalue weighted by Gasteiger charge is -2.07. The molecule has 142 valence electrons. The second-order valence-electron chi connectivity index (χ2n) is 5.92. The van der Waals surface area contributed by atoms with Crippen LogP contribution in [0.15, 0.2) is 60.7 Å². The Hall–Kier alpha value is -3.94. The fourth-order valence-corrected chi connectivity index (χ4v) is 2.43. The third kappa shape index (κ3) is 5.04. The number of benzene rings is 2. The van der Waals surface area contributed by atoms with Gasteiger partial charge in [0.15, 0.2) is 6.61 Å². The van der Waals surface area contributed by atoms with Crippen molar-refractivity contribution in [1.82, 2.24) is 10.2 Å². The van der Waals surface area contributed by atoms with Gasteiger partial charge in [0.2, 0.25) is 5.91 Å². The number of H-pyrrole nitrogens is 1. The molecular formula is C20H18N4O4. The van der Waals surface area contributed by atoms with Crippen LogP contribution in [0.25, 0.3) is 11.3 Å². The second-order valence-corrected chi connectivity index (χ2v) is 5.92. The molecule has 8 heteroatoms. The summed E-state index contributed by atoms with van der Waals surface area (Å²) in [6.07, 6.45) is 0. The Labute approximate surface area is 160 Å². The Balaban J connectivity index is 1.51. The van der Waals surface area contributed by atoms with Gasteiger partial charge in [0.1, 0.15) is 5.69 Å². The molecule has 0 aliphatic carbocycles. The van der Waals surface area contributed by atoms with E-state index in [0.717, 1.165) is 5.56 Å². The second kappa shape index (κ2) is 8.63. The molecule has 0 spiro atoms. The van der Waals surface area contributed by atoms with Gasteiger partial charge >= 0.3 is 5.97 Å². The summed E-state index contributed by atoms with van der Waals surface area (Å²) < 4.78 is 5.01.